The number of nitrogens with one attached hydrogen (secondary N) is 2. The summed E-state index contributed by atoms with van der Waals surface area (Å²) in [6.07, 6.45) is 5.17. The molecule has 1 aromatic carbocycles. The number of pyridine rings is 1. The van der Waals surface area contributed by atoms with Gasteiger partial charge in [0.05, 0.1) is 46.4 Å². The van der Waals surface area contributed by atoms with Gasteiger partial charge in [-0.15, -0.1) is 11.8 Å². The monoisotopic (exact) mass is 440 g/mol. The fraction of sp³-hybridized carbons (Fsp3) is 0.190. The van der Waals surface area contributed by atoms with Crippen LogP contribution in [0.25, 0.3) is 5.57 Å². The molecule has 0 aliphatic carbocycles. The lowest BCUT2D eigenvalue weighted by atomic mass is 10.1. The van der Waals surface area contributed by atoms with Crippen LogP contribution in [0.4, 0.5) is 5.69 Å². The molecule has 4 heterocycles. The molecule has 9 heteroatoms. The van der Waals surface area contributed by atoms with Crippen LogP contribution in [-0.4, -0.2) is 38.2 Å². The van der Waals surface area contributed by atoms with Gasteiger partial charge in [-0.3, -0.25) is 9.78 Å². The smallest absolute Gasteiger partial charge is 0.257 e. The number of nitrogens with two attached hydrogens (primary N) is 1. The van der Waals surface area contributed by atoms with Crippen molar-refractivity contribution in [2.24, 2.45) is 5.73 Å². The van der Waals surface area contributed by atoms with Crippen molar-refractivity contribution in [1.82, 2.24) is 19.9 Å². The number of imidazole rings is 1. The Bertz CT molecular complexity index is 1040. The molecule has 0 radical (unpaired) electrons. The molecule has 3 aromatic rings. The van der Waals surface area contributed by atoms with Gasteiger partial charge in [-0.2, -0.15) is 0 Å². The zero-order chi connectivity index (χ0) is 20.9. The van der Waals surface area contributed by atoms with E-state index in [0.29, 0.717) is 29.4 Å². The molecule has 1 amide bonds. The number of carbonyl (C=O) groups is 1. The number of aromatic amines is 1. The number of anilines is 1. The van der Waals surface area contributed by atoms with Crippen LogP contribution in [0.2, 0.25) is 5.02 Å². The average Bonchev–Trinajstić information content (AvgIpc) is 3.44. The standard InChI is InChI=1S/C14H14ClN5O.C7H7NS/c15-9-1-2-11(17-6-9)10(5-16)14(21)20-4-3-12-13(7-20)19-8-18-12;1-2-4-7-6(3-1)8-5-9-7/h1-2,5-6,8H,3-4,7,16H2,(H,18,19);1-4,8H,5H2/b10-5+;. The van der Waals surface area contributed by atoms with E-state index in [4.69, 9.17) is 17.3 Å². The van der Waals surface area contributed by atoms with Gasteiger partial charge in [0, 0.05) is 35.9 Å². The van der Waals surface area contributed by atoms with Gasteiger partial charge in [-0.25, -0.2) is 4.98 Å². The third kappa shape index (κ3) is 4.44. The number of rotatable bonds is 2. The Morgan fingerprint density at radius 1 is 1.23 bits per heavy atom. The van der Waals surface area contributed by atoms with E-state index in [1.165, 1.54) is 23.0 Å². The first kappa shape index (κ1) is 20.3. The third-order valence-electron chi connectivity index (χ3n) is 4.84. The van der Waals surface area contributed by atoms with E-state index < -0.39 is 0 Å². The molecule has 0 bridgehead atoms. The molecule has 0 fully saturated rings. The number of fused-ring (bicyclic) bond motifs is 2. The van der Waals surface area contributed by atoms with E-state index in [1.54, 1.807) is 23.4 Å². The van der Waals surface area contributed by atoms with Crippen LogP contribution in [0, 0.1) is 0 Å². The van der Waals surface area contributed by atoms with Gasteiger partial charge in [-0.05, 0) is 24.3 Å². The molecule has 2 aromatic heterocycles. The normalized spacial score (nSPS) is 14.8. The predicted molar refractivity (Wildman–Crippen MR) is 120 cm³/mol. The zero-order valence-electron chi connectivity index (χ0n) is 16.1. The first-order chi connectivity index (χ1) is 14.7. The highest BCUT2D eigenvalue weighted by Crippen LogP contribution is 2.32. The lowest BCUT2D eigenvalue weighted by molar-refractivity contribution is -0.126. The largest absolute Gasteiger partial charge is 0.404 e. The molecule has 0 saturated carbocycles. The van der Waals surface area contributed by atoms with Crippen LogP contribution < -0.4 is 11.1 Å². The first-order valence-corrected chi connectivity index (χ1v) is 10.8. The highest BCUT2D eigenvalue weighted by atomic mass is 35.5. The summed E-state index contributed by atoms with van der Waals surface area (Å²) in [5.41, 5.74) is 9.77. The molecule has 154 valence electrons. The third-order valence-corrected chi connectivity index (χ3v) is 6.02. The Morgan fingerprint density at radius 3 is 2.87 bits per heavy atom. The quantitative estimate of drug-likeness (QED) is 0.527. The van der Waals surface area contributed by atoms with Crippen molar-refractivity contribution in [3.63, 3.8) is 0 Å². The summed E-state index contributed by atoms with van der Waals surface area (Å²) < 4.78 is 0. The summed E-state index contributed by atoms with van der Waals surface area (Å²) in [4.78, 5) is 27.2. The Balaban J connectivity index is 0.000000200. The number of aromatic nitrogens is 3. The van der Waals surface area contributed by atoms with Crippen LogP contribution in [0.3, 0.4) is 0 Å². The number of nitrogens with zero attached hydrogens (tertiary/aromatic N) is 3. The minimum atomic E-state index is -0.146. The second kappa shape index (κ2) is 9.23. The number of halogens is 1. The first-order valence-electron chi connectivity index (χ1n) is 9.45. The van der Waals surface area contributed by atoms with E-state index in [0.717, 1.165) is 23.7 Å². The molecule has 2 aliphatic heterocycles. The van der Waals surface area contributed by atoms with Crippen LogP contribution >= 0.6 is 23.4 Å². The summed E-state index contributed by atoms with van der Waals surface area (Å²) in [6, 6.07) is 11.7. The molecule has 4 N–H and O–H groups in total. The predicted octanol–water partition coefficient (Wildman–Crippen LogP) is 3.50. The van der Waals surface area contributed by atoms with Gasteiger partial charge in [0.15, 0.2) is 0 Å². The molecule has 5 rings (SSSR count). The highest BCUT2D eigenvalue weighted by molar-refractivity contribution is 7.99. The van der Waals surface area contributed by atoms with Gasteiger partial charge in [0.1, 0.15) is 0 Å². The van der Waals surface area contributed by atoms with Crippen molar-refractivity contribution in [3.8, 4) is 0 Å². The van der Waals surface area contributed by atoms with Gasteiger partial charge < -0.3 is 20.9 Å². The molecular weight excluding hydrogens is 420 g/mol. The second-order valence-corrected chi connectivity index (χ2v) is 8.16. The molecule has 30 heavy (non-hydrogen) atoms. The topological polar surface area (TPSA) is 99.9 Å². The van der Waals surface area contributed by atoms with Crippen LogP contribution in [0.15, 0.2) is 60.0 Å². The maximum absolute atomic E-state index is 12.6. The highest BCUT2D eigenvalue weighted by Gasteiger charge is 2.25. The van der Waals surface area contributed by atoms with Gasteiger partial charge >= 0.3 is 0 Å². The molecule has 7 nitrogen and oxygen atoms in total. The van der Waals surface area contributed by atoms with Crippen molar-refractivity contribution in [2.75, 3.05) is 17.7 Å². The molecule has 0 spiro atoms. The molecule has 0 saturated heterocycles. The van der Waals surface area contributed by atoms with Crippen molar-refractivity contribution in [1.29, 1.82) is 0 Å². The minimum absolute atomic E-state index is 0.146. The van der Waals surface area contributed by atoms with E-state index in [-0.39, 0.29) is 5.91 Å². The Labute approximate surface area is 183 Å². The van der Waals surface area contributed by atoms with Crippen LogP contribution in [-0.2, 0) is 17.8 Å². The van der Waals surface area contributed by atoms with E-state index in [1.807, 2.05) is 11.8 Å². The van der Waals surface area contributed by atoms with Crippen molar-refractivity contribution in [2.45, 2.75) is 17.9 Å². The number of para-hydroxylation sites is 1. The fourth-order valence-corrected chi connectivity index (χ4v) is 4.25. The fourth-order valence-electron chi connectivity index (χ4n) is 3.29. The molecule has 2 aliphatic rings. The maximum Gasteiger partial charge on any atom is 0.257 e. The Morgan fingerprint density at radius 2 is 2.10 bits per heavy atom. The SMILES string of the molecule is N/C=C(/C(=O)N1CCc2nc[nH]c2C1)c1ccc(Cl)cn1.c1ccc2c(c1)NCS2. The van der Waals surface area contributed by atoms with E-state index >= 15 is 0 Å². The Kier molecular flexibility index (Phi) is 6.25. The zero-order valence-corrected chi connectivity index (χ0v) is 17.7. The summed E-state index contributed by atoms with van der Waals surface area (Å²) >= 11 is 7.67. The summed E-state index contributed by atoms with van der Waals surface area (Å²) in [5.74, 6) is 0.881. The maximum atomic E-state index is 12.6. The van der Waals surface area contributed by atoms with Gasteiger partial charge in [0.2, 0.25) is 0 Å². The number of thioether (sulfide) groups is 1. The number of hydrogen-bond donors (Lipinski definition) is 3. The number of H-pyrrole nitrogens is 1. The number of benzene rings is 1. The van der Waals surface area contributed by atoms with Crippen LogP contribution in [0.5, 0.6) is 0 Å². The Hall–Kier alpha value is -2.97. The summed E-state index contributed by atoms with van der Waals surface area (Å²) in [5, 5.41) is 3.78. The number of carbonyl (C=O) groups excluding carboxylic acids is 1. The van der Waals surface area contributed by atoms with Crippen molar-refractivity contribution < 1.29 is 4.79 Å². The number of amides is 1. The van der Waals surface area contributed by atoms with Crippen LogP contribution in [0.1, 0.15) is 17.1 Å². The van der Waals surface area contributed by atoms with Gasteiger partial charge in [-0.1, -0.05) is 23.7 Å². The lowest BCUT2D eigenvalue weighted by Gasteiger charge is -2.27. The average molecular weight is 441 g/mol. The molecule has 0 unspecified atom stereocenters. The molecular formula is C21H21ClN6OS. The van der Waals surface area contributed by atoms with Gasteiger partial charge in [0.25, 0.3) is 5.91 Å². The van der Waals surface area contributed by atoms with Crippen molar-refractivity contribution in [3.05, 3.63) is 77.2 Å². The number of hydrogen-bond acceptors (Lipinski definition) is 6. The van der Waals surface area contributed by atoms with Crippen molar-refractivity contribution >= 4 is 40.5 Å². The molecule has 0 atom stereocenters. The van der Waals surface area contributed by atoms with E-state index in [9.17, 15) is 4.79 Å². The second-order valence-electron chi connectivity index (χ2n) is 6.71. The summed E-state index contributed by atoms with van der Waals surface area (Å²) in [7, 11) is 0. The lowest BCUT2D eigenvalue weighted by Crippen LogP contribution is -2.36. The van der Waals surface area contributed by atoms with E-state index in [2.05, 4.69) is 44.5 Å². The summed E-state index contributed by atoms with van der Waals surface area (Å²) in [6.45, 7) is 1.11. The minimum Gasteiger partial charge on any atom is -0.404 e.